The van der Waals surface area contributed by atoms with Crippen LogP contribution in [-0.4, -0.2) is 97.7 Å². The van der Waals surface area contributed by atoms with Crippen LogP contribution in [0.2, 0.25) is 5.02 Å². The van der Waals surface area contributed by atoms with Crippen LogP contribution in [0, 0.1) is 6.92 Å². The van der Waals surface area contributed by atoms with E-state index in [1.165, 1.54) is 6.07 Å². The second-order valence-corrected chi connectivity index (χ2v) is 9.34. The molecule has 13 nitrogen and oxygen atoms in total. The number of hydrogen-bond acceptors (Lipinski definition) is 9. The topological polar surface area (TPSA) is 198 Å². The lowest BCUT2D eigenvalue weighted by Crippen LogP contribution is -2.48. The summed E-state index contributed by atoms with van der Waals surface area (Å²) in [6, 6.07) is 3.36. The van der Waals surface area contributed by atoms with E-state index in [-0.39, 0.29) is 18.1 Å². The summed E-state index contributed by atoms with van der Waals surface area (Å²) < 4.78 is 38.8. The maximum Gasteiger partial charge on any atom is 0.417 e. The fourth-order valence-corrected chi connectivity index (χ4v) is 3.87. The van der Waals surface area contributed by atoms with E-state index in [0.717, 1.165) is 42.5 Å². The van der Waals surface area contributed by atoms with Crippen molar-refractivity contribution in [2.24, 2.45) is 0 Å². The lowest BCUT2D eigenvalue weighted by molar-refractivity contribution is -0.159. The number of carbonyl (C=O) groups excluding carboxylic acids is 1. The Morgan fingerprint density at radius 3 is 1.88 bits per heavy atom. The molecule has 1 aromatic carbocycles. The highest BCUT2D eigenvalue weighted by molar-refractivity contribution is 7.09. The number of carboxylic acids is 4. The van der Waals surface area contributed by atoms with Gasteiger partial charge in [0.1, 0.15) is 0 Å². The Morgan fingerprint density at radius 1 is 0.950 bits per heavy atom. The number of aliphatic carboxylic acids is 4. The van der Waals surface area contributed by atoms with Crippen molar-refractivity contribution in [3.05, 3.63) is 44.9 Å². The quantitative estimate of drug-likeness (QED) is 0.309. The minimum atomic E-state index is -4.57. The Morgan fingerprint density at radius 2 is 1.45 bits per heavy atom. The number of alkyl halides is 3. The summed E-state index contributed by atoms with van der Waals surface area (Å²) in [6.07, 6.45) is -4.57. The molecule has 18 heteroatoms. The first-order valence-electron chi connectivity index (χ1n) is 10.9. The maximum atomic E-state index is 12.9. The van der Waals surface area contributed by atoms with Crippen LogP contribution in [0.5, 0.6) is 0 Å². The first-order chi connectivity index (χ1) is 18.5. The summed E-state index contributed by atoms with van der Waals surface area (Å²) in [5, 5.41) is 34.8. The van der Waals surface area contributed by atoms with Gasteiger partial charge in [0.2, 0.25) is 5.91 Å². The van der Waals surface area contributed by atoms with Crippen LogP contribution in [0.25, 0.3) is 0 Å². The molecule has 3 rings (SSSR count). The smallest absolute Gasteiger partial charge is 0.417 e. The zero-order valence-electron chi connectivity index (χ0n) is 20.6. The van der Waals surface area contributed by atoms with Crippen molar-refractivity contribution in [2.75, 3.05) is 38.0 Å². The van der Waals surface area contributed by atoms with Crippen molar-refractivity contribution in [3.8, 4) is 0 Å². The van der Waals surface area contributed by atoms with Crippen LogP contribution in [0.3, 0.4) is 0 Å². The molecule has 1 aliphatic rings. The van der Waals surface area contributed by atoms with Gasteiger partial charge in [0.05, 0.1) is 27.8 Å². The van der Waals surface area contributed by atoms with Crippen molar-refractivity contribution in [2.45, 2.75) is 19.6 Å². The van der Waals surface area contributed by atoms with E-state index in [4.69, 9.17) is 51.2 Å². The molecule has 1 fully saturated rings. The third kappa shape index (κ3) is 12.8. The molecule has 40 heavy (non-hydrogen) atoms. The number of thiazole rings is 1. The average molecular weight is 613 g/mol. The lowest BCUT2D eigenvalue weighted by Gasteiger charge is -2.33. The van der Waals surface area contributed by atoms with E-state index < -0.39 is 40.6 Å². The van der Waals surface area contributed by atoms with Gasteiger partial charge in [-0.2, -0.15) is 13.2 Å². The molecule has 0 aliphatic carbocycles. The highest BCUT2D eigenvalue weighted by atomic mass is 35.5. The molecule has 0 unspecified atom stereocenters. The number of aryl methyl sites for hydroxylation is 1. The monoisotopic (exact) mass is 612 g/mol. The van der Waals surface area contributed by atoms with Gasteiger partial charge in [0, 0.05) is 43.8 Å². The highest BCUT2D eigenvalue weighted by Gasteiger charge is 2.33. The molecule has 220 valence electrons. The molecule has 0 saturated carbocycles. The zero-order chi connectivity index (χ0) is 30.6. The van der Waals surface area contributed by atoms with Gasteiger partial charge >= 0.3 is 30.1 Å². The predicted molar refractivity (Wildman–Crippen MR) is 134 cm³/mol. The second-order valence-electron chi connectivity index (χ2n) is 7.87. The fraction of sp³-hybridized carbons (Fsp3) is 0.364. The first kappa shape index (κ1) is 34.2. The SMILES string of the molecule is Cc1nc(CN2CCN(CC(=O)Nc3ccc(Cl)c(C(F)(F)F)c3)CC2)cs1.O=C(O)C(=O)O.O=C(O)C(=O)O. The van der Waals surface area contributed by atoms with Gasteiger partial charge in [-0.15, -0.1) is 11.3 Å². The summed E-state index contributed by atoms with van der Waals surface area (Å²) in [4.78, 5) is 57.3. The molecular formula is C22H24ClF3N4O9S. The van der Waals surface area contributed by atoms with Crippen molar-refractivity contribution in [1.29, 1.82) is 0 Å². The van der Waals surface area contributed by atoms with E-state index in [1.54, 1.807) is 11.3 Å². The van der Waals surface area contributed by atoms with Crippen molar-refractivity contribution < 1.29 is 57.6 Å². The Hall–Kier alpha value is -3.80. The molecule has 0 spiro atoms. The van der Waals surface area contributed by atoms with Crippen molar-refractivity contribution in [1.82, 2.24) is 14.8 Å². The second kappa shape index (κ2) is 15.7. The van der Waals surface area contributed by atoms with Gasteiger partial charge in [0.15, 0.2) is 0 Å². The molecule has 2 heterocycles. The number of anilines is 1. The van der Waals surface area contributed by atoms with Crippen LogP contribution in [-0.2, 0) is 36.7 Å². The van der Waals surface area contributed by atoms with Crippen LogP contribution >= 0.6 is 22.9 Å². The molecule has 1 aromatic heterocycles. The van der Waals surface area contributed by atoms with Gasteiger partial charge in [-0.1, -0.05) is 11.6 Å². The van der Waals surface area contributed by atoms with E-state index in [9.17, 15) is 18.0 Å². The summed E-state index contributed by atoms with van der Waals surface area (Å²) in [5.41, 5.74) is 0.175. The van der Waals surface area contributed by atoms with Gasteiger partial charge in [-0.3, -0.25) is 14.6 Å². The number of hydrogen-bond donors (Lipinski definition) is 5. The number of carbonyl (C=O) groups is 5. The number of nitrogens with zero attached hydrogens (tertiary/aromatic N) is 3. The number of aromatic nitrogens is 1. The van der Waals surface area contributed by atoms with Gasteiger partial charge in [-0.05, 0) is 25.1 Å². The molecule has 0 atom stereocenters. The minimum Gasteiger partial charge on any atom is -0.473 e. The van der Waals surface area contributed by atoms with Gasteiger partial charge in [0.25, 0.3) is 0 Å². The Labute approximate surface area is 233 Å². The number of amides is 1. The summed E-state index contributed by atoms with van der Waals surface area (Å²) in [7, 11) is 0. The average Bonchev–Trinajstić information content (AvgIpc) is 3.26. The molecule has 1 amide bonds. The van der Waals surface area contributed by atoms with E-state index in [2.05, 4.69) is 20.6 Å². The third-order valence-corrected chi connectivity index (χ3v) is 5.96. The summed E-state index contributed by atoms with van der Waals surface area (Å²) >= 11 is 7.22. The normalized spacial score (nSPS) is 13.6. The van der Waals surface area contributed by atoms with Crippen molar-refractivity contribution >= 4 is 58.4 Å². The fourth-order valence-electron chi connectivity index (χ4n) is 3.04. The number of piperazine rings is 1. The number of nitrogens with one attached hydrogen (secondary N) is 1. The summed E-state index contributed by atoms with van der Waals surface area (Å²) in [5.74, 6) is -7.64. The Bertz CT molecular complexity index is 1170. The van der Waals surface area contributed by atoms with Crippen LogP contribution in [0.4, 0.5) is 18.9 Å². The highest BCUT2D eigenvalue weighted by Crippen LogP contribution is 2.36. The third-order valence-electron chi connectivity index (χ3n) is 4.81. The standard InChI is InChI=1S/C18H20ClF3N4OS.2C2H2O4/c1-12-23-14(11-28-12)9-25-4-6-26(7-5-25)10-17(27)24-13-2-3-16(19)15(8-13)18(20,21)22;2*3-1(4)2(5)6/h2-3,8,11H,4-7,9-10H2,1H3,(H,24,27);2*(H,3,4)(H,5,6). The molecule has 2 aromatic rings. The van der Waals surface area contributed by atoms with Crippen molar-refractivity contribution in [3.63, 3.8) is 0 Å². The predicted octanol–water partition coefficient (Wildman–Crippen LogP) is 2.19. The number of rotatable bonds is 5. The molecule has 0 radical (unpaired) electrons. The largest absolute Gasteiger partial charge is 0.473 e. The minimum absolute atomic E-state index is 0.0827. The van der Waals surface area contributed by atoms with Gasteiger partial charge in [-0.25, -0.2) is 24.2 Å². The van der Waals surface area contributed by atoms with Crippen LogP contribution in [0.15, 0.2) is 23.6 Å². The van der Waals surface area contributed by atoms with E-state index in [1.807, 2.05) is 11.8 Å². The molecule has 0 bridgehead atoms. The maximum absolute atomic E-state index is 12.9. The van der Waals surface area contributed by atoms with Crippen LogP contribution < -0.4 is 5.32 Å². The number of halogens is 4. The molecule has 1 saturated heterocycles. The number of benzene rings is 1. The van der Waals surface area contributed by atoms with E-state index >= 15 is 0 Å². The number of carboxylic acid groups (broad SMARTS) is 4. The van der Waals surface area contributed by atoms with Gasteiger partial charge < -0.3 is 25.7 Å². The Balaban J connectivity index is 0.000000559. The van der Waals surface area contributed by atoms with Crippen LogP contribution in [0.1, 0.15) is 16.3 Å². The molecule has 5 N–H and O–H groups in total. The van der Waals surface area contributed by atoms with E-state index in [0.29, 0.717) is 13.1 Å². The Kier molecular flexibility index (Phi) is 13.4. The molecular weight excluding hydrogens is 589 g/mol. The molecule has 1 aliphatic heterocycles. The first-order valence-corrected chi connectivity index (χ1v) is 12.2. The zero-order valence-corrected chi connectivity index (χ0v) is 22.2. The lowest BCUT2D eigenvalue weighted by atomic mass is 10.2. The summed E-state index contributed by atoms with van der Waals surface area (Å²) in [6.45, 7) is 5.94.